The standard InChI is InChI=1S/C18H17N3O/c1-18(12-22-11-17(20)21-18)16-7-3-6-15(9-16)14-5-2-4-13(8-14)10-19/h2-9H,11-12H2,1H3,(H2,20,21). The molecule has 22 heavy (non-hydrogen) atoms. The van der Waals surface area contributed by atoms with Crippen LogP contribution in [0.5, 0.6) is 0 Å². The van der Waals surface area contributed by atoms with Crippen LogP contribution in [0.2, 0.25) is 0 Å². The summed E-state index contributed by atoms with van der Waals surface area (Å²) in [6.45, 7) is 2.92. The van der Waals surface area contributed by atoms with Crippen LogP contribution in [0.15, 0.2) is 53.5 Å². The Morgan fingerprint density at radius 1 is 1.18 bits per heavy atom. The van der Waals surface area contributed by atoms with Gasteiger partial charge in [0.2, 0.25) is 0 Å². The Morgan fingerprint density at radius 2 is 1.91 bits per heavy atom. The Hall–Kier alpha value is -2.64. The molecule has 0 aliphatic carbocycles. The lowest BCUT2D eigenvalue weighted by Crippen LogP contribution is -2.37. The molecule has 4 heteroatoms. The van der Waals surface area contributed by atoms with Crippen LogP contribution < -0.4 is 5.73 Å². The molecule has 0 radical (unpaired) electrons. The van der Waals surface area contributed by atoms with Crippen LogP contribution in [-0.4, -0.2) is 19.0 Å². The van der Waals surface area contributed by atoms with E-state index in [1.807, 2.05) is 43.3 Å². The lowest BCUT2D eigenvalue weighted by molar-refractivity contribution is 0.106. The van der Waals surface area contributed by atoms with E-state index in [1.165, 1.54) is 0 Å². The molecule has 3 rings (SSSR count). The predicted molar refractivity (Wildman–Crippen MR) is 86.4 cm³/mol. The van der Waals surface area contributed by atoms with Crippen molar-refractivity contribution in [3.05, 3.63) is 59.7 Å². The number of nitrogens with two attached hydrogens (primary N) is 1. The van der Waals surface area contributed by atoms with Crippen molar-refractivity contribution in [1.82, 2.24) is 0 Å². The summed E-state index contributed by atoms with van der Waals surface area (Å²) >= 11 is 0. The molecule has 1 heterocycles. The van der Waals surface area contributed by atoms with Crippen molar-refractivity contribution in [3.8, 4) is 17.2 Å². The average molecular weight is 291 g/mol. The van der Waals surface area contributed by atoms with Gasteiger partial charge in [-0.05, 0) is 41.8 Å². The Balaban J connectivity index is 2.03. The van der Waals surface area contributed by atoms with E-state index >= 15 is 0 Å². The number of aliphatic imine (C=N–C) groups is 1. The first-order chi connectivity index (χ1) is 10.6. The predicted octanol–water partition coefficient (Wildman–Crippen LogP) is 2.83. The van der Waals surface area contributed by atoms with Crippen LogP contribution >= 0.6 is 0 Å². The zero-order valence-electron chi connectivity index (χ0n) is 12.4. The van der Waals surface area contributed by atoms with Gasteiger partial charge in [-0.25, -0.2) is 0 Å². The number of hydrogen-bond acceptors (Lipinski definition) is 4. The molecular formula is C18H17N3O. The summed E-state index contributed by atoms with van der Waals surface area (Å²) in [5, 5.41) is 9.04. The third kappa shape index (κ3) is 2.72. The number of nitrogens with zero attached hydrogens (tertiary/aromatic N) is 2. The zero-order chi connectivity index (χ0) is 15.6. The number of rotatable bonds is 2. The van der Waals surface area contributed by atoms with Gasteiger partial charge in [0, 0.05) is 0 Å². The Kier molecular flexibility index (Phi) is 3.66. The number of benzene rings is 2. The van der Waals surface area contributed by atoms with Crippen LogP contribution in [0, 0.1) is 11.3 Å². The maximum atomic E-state index is 9.04. The fourth-order valence-corrected chi connectivity index (χ4v) is 2.69. The smallest absolute Gasteiger partial charge is 0.121 e. The summed E-state index contributed by atoms with van der Waals surface area (Å²) in [4.78, 5) is 4.57. The Bertz CT molecular complexity index is 776. The average Bonchev–Trinajstić information content (AvgIpc) is 2.55. The molecule has 110 valence electrons. The quantitative estimate of drug-likeness (QED) is 0.924. The molecule has 2 aromatic carbocycles. The van der Waals surface area contributed by atoms with E-state index in [0.717, 1.165) is 16.7 Å². The summed E-state index contributed by atoms with van der Waals surface area (Å²) in [5.41, 5.74) is 9.12. The lowest BCUT2D eigenvalue weighted by Gasteiger charge is -2.30. The van der Waals surface area contributed by atoms with Gasteiger partial charge in [0.05, 0.1) is 18.2 Å². The van der Waals surface area contributed by atoms with Crippen molar-refractivity contribution in [2.24, 2.45) is 10.7 Å². The highest BCUT2D eigenvalue weighted by atomic mass is 16.5. The summed E-state index contributed by atoms with van der Waals surface area (Å²) < 4.78 is 5.54. The normalized spacial score (nSPS) is 21.0. The van der Waals surface area contributed by atoms with Crippen molar-refractivity contribution >= 4 is 5.84 Å². The van der Waals surface area contributed by atoms with Crippen molar-refractivity contribution < 1.29 is 4.74 Å². The first kappa shape index (κ1) is 14.3. The van der Waals surface area contributed by atoms with Crippen LogP contribution in [0.4, 0.5) is 0 Å². The fourth-order valence-electron chi connectivity index (χ4n) is 2.69. The highest BCUT2D eigenvalue weighted by Crippen LogP contribution is 2.31. The van der Waals surface area contributed by atoms with Crippen molar-refractivity contribution in [1.29, 1.82) is 5.26 Å². The van der Waals surface area contributed by atoms with E-state index in [2.05, 4.69) is 17.1 Å². The number of amidine groups is 1. The third-order valence-corrected chi connectivity index (χ3v) is 3.83. The molecule has 2 aromatic rings. The Labute approximate surface area is 129 Å². The van der Waals surface area contributed by atoms with E-state index < -0.39 is 5.54 Å². The van der Waals surface area contributed by atoms with E-state index in [1.54, 1.807) is 6.07 Å². The van der Waals surface area contributed by atoms with Crippen molar-refractivity contribution in [2.75, 3.05) is 13.2 Å². The maximum absolute atomic E-state index is 9.04. The van der Waals surface area contributed by atoms with Gasteiger partial charge in [0.25, 0.3) is 0 Å². The molecule has 0 fully saturated rings. The topological polar surface area (TPSA) is 71.4 Å². The summed E-state index contributed by atoms with van der Waals surface area (Å²) in [6, 6.07) is 17.9. The number of nitriles is 1. The lowest BCUT2D eigenvalue weighted by atomic mass is 9.90. The van der Waals surface area contributed by atoms with Gasteiger partial charge in [0.1, 0.15) is 18.0 Å². The van der Waals surface area contributed by atoms with E-state index in [0.29, 0.717) is 24.6 Å². The first-order valence-electron chi connectivity index (χ1n) is 7.14. The molecule has 1 unspecified atom stereocenters. The maximum Gasteiger partial charge on any atom is 0.121 e. The number of ether oxygens (including phenoxy) is 1. The molecule has 0 spiro atoms. The fraction of sp³-hybridized carbons (Fsp3) is 0.222. The molecule has 0 saturated heterocycles. The molecule has 0 amide bonds. The summed E-state index contributed by atoms with van der Waals surface area (Å²) in [6.07, 6.45) is 0. The number of hydrogen-bond donors (Lipinski definition) is 1. The third-order valence-electron chi connectivity index (χ3n) is 3.83. The molecule has 4 nitrogen and oxygen atoms in total. The summed E-state index contributed by atoms with van der Waals surface area (Å²) in [5.74, 6) is 0.519. The molecular weight excluding hydrogens is 274 g/mol. The van der Waals surface area contributed by atoms with Gasteiger partial charge in [-0.3, -0.25) is 4.99 Å². The van der Waals surface area contributed by atoms with Gasteiger partial charge >= 0.3 is 0 Å². The van der Waals surface area contributed by atoms with Crippen LogP contribution in [0.25, 0.3) is 11.1 Å². The van der Waals surface area contributed by atoms with E-state index in [-0.39, 0.29) is 0 Å². The van der Waals surface area contributed by atoms with Crippen LogP contribution in [0.3, 0.4) is 0 Å². The molecule has 0 bridgehead atoms. The zero-order valence-corrected chi connectivity index (χ0v) is 12.4. The largest absolute Gasteiger partial charge is 0.386 e. The Morgan fingerprint density at radius 3 is 2.64 bits per heavy atom. The van der Waals surface area contributed by atoms with E-state index in [9.17, 15) is 0 Å². The SMILES string of the molecule is CC1(c2cccc(-c3cccc(C#N)c3)c2)COCC(N)=N1. The van der Waals surface area contributed by atoms with E-state index in [4.69, 9.17) is 15.7 Å². The second kappa shape index (κ2) is 5.63. The minimum absolute atomic E-state index is 0.388. The highest BCUT2D eigenvalue weighted by Gasteiger charge is 2.30. The molecule has 1 atom stereocenters. The minimum atomic E-state index is -0.467. The molecule has 0 aromatic heterocycles. The van der Waals surface area contributed by atoms with Gasteiger partial charge in [-0.1, -0.05) is 30.3 Å². The molecule has 0 saturated carbocycles. The van der Waals surface area contributed by atoms with Crippen LogP contribution in [-0.2, 0) is 10.3 Å². The van der Waals surface area contributed by atoms with Crippen LogP contribution in [0.1, 0.15) is 18.1 Å². The van der Waals surface area contributed by atoms with Gasteiger partial charge in [-0.15, -0.1) is 0 Å². The summed E-state index contributed by atoms with van der Waals surface area (Å²) in [7, 11) is 0. The van der Waals surface area contributed by atoms with Gasteiger partial charge in [-0.2, -0.15) is 5.26 Å². The highest BCUT2D eigenvalue weighted by molar-refractivity contribution is 5.82. The minimum Gasteiger partial charge on any atom is -0.386 e. The molecule has 1 aliphatic rings. The molecule has 2 N–H and O–H groups in total. The monoisotopic (exact) mass is 291 g/mol. The van der Waals surface area contributed by atoms with Crippen molar-refractivity contribution in [2.45, 2.75) is 12.5 Å². The molecule has 1 aliphatic heterocycles. The first-order valence-corrected chi connectivity index (χ1v) is 7.14. The second-order valence-electron chi connectivity index (χ2n) is 5.64. The van der Waals surface area contributed by atoms with Gasteiger partial charge < -0.3 is 10.5 Å². The van der Waals surface area contributed by atoms with Crippen molar-refractivity contribution in [3.63, 3.8) is 0 Å². The van der Waals surface area contributed by atoms with Gasteiger partial charge in [0.15, 0.2) is 0 Å². The second-order valence-corrected chi connectivity index (χ2v) is 5.64.